The quantitative estimate of drug-likeness (QED) is 0.899. The van der Waals surface area contributed by atoms with Crippen LogP contribution in [0.5, 0.6) is 0 Å². The summed E-state index contributed by atoms with van der Waals surface area (Å²) in [7, 11) is 0. The van der Waals surface area contributed by atoms with E-state index in [9.17, 15) is 9.59 Å². The molecule has 0 saturated carbocycles. The summed E-state index contributed by atoms with van der Waals surface area (Å²) in [5, 5.41) is 2.72. The first kappa shape index (κ1) is 15.4. The Hall–Kier alpha value is -2.04. The van der Waals surface area contributed by atoms with Gasteiger partial charge in [0, 0.05) is 51.4 Å². The summed E-state index contributed by atoms with van der Waals surface area (Å²) < 4.78 is 0. The molecular formula is C16H23N3O2. The summed E-state index contributed by atoms with van der Waals surface area (Å²) in [6, 6.07) is 8.08. The fraction of sp³-hybridized carbons (Fsp3) is 0.500. The van der Waals surface area contributed by atoms with Crippen LogP contribution in [-0.2, 0) is 9.59 Å². The predicted molar refractivity (Wildman–Crippen MR) is 84.6 cm³/mol. The molecule has 1 aliphatic rings. The number of nitrogens with zero attached hydrogens (tertiary/aromatic N) is 2. The Kier molecular flexibility index (Phi) is 5.20. The minimum Gasteiger partial charge on any atom is -0.372 e. The standard InChI is InChI=1S/C16H23N3O2/c1-13(20)17-9-12-19(14(2)21)16-7-5-15(6-8-16)18-10-3-4-11-18/h5-8H,3-4,9-12H2,1-2H3,(H,17,20). The lowest BCUT2D eigenvalue weighted by atomic mass is 10.2. The van der Waals surface area contributed by atoms with Crippen LogP contribution in [0.4, 0.5) is 11.4 Å². The number of carbonyl (C=O) groups excluding carboxylic acids is 2. The molecule has 0 atom stereocenters. The van der Waals surface area contributed by atoms with E-state index in [1.807, 2.05) is 12.1 Å². The molecule has 1 aliphatic heterocycles. The molecule has 1 heterocycles. The third-order valence-electron chi connectivity index (χ3n) is 3.72. The number of benzene rings is 1. The highest BCUT2D eigenvalue weighted by molar-refractivity contribution is 5.91. The van der Waals surface area contributed by atoms with Gasteiger partial charge in [-0.05, 0) is 37.1 Å². The van der Waals surface area contributed by atoms with E-state index >= 15 is 0 Å². The normalized spacial score (nSPS) is 14.1. The minimum atomic E-state index is -0.0807. The van der Waals surface area contributed by atoms with Crippen molar-refractivity contribution in [2.24, 2.45) is 0 Å². The Morgan fingerprint density at radius 2 is 1.76 bits per heavy atom. The number of amides is 2. The van der Waals surface area contributed by atoms with Gasteiger partial charge in [-0.3, -0.25) is 9.59 Å². The van der Waals surface area contributed by atoms with Crippen molar-refractivity contribution >= 4 is 23.2 Å². The topological polar surface area (TPSA) is 52.7 Å². The van der Waals surface area contributed by atoms with E-state index in [0.29, 0.717) is 13.1 Å². The van der Waals surface area contributed by atoms with Crippen molar-refractivity contribution < 1.29 is 9.59 Å². The van der Waals surface area contributed by atoms with Gasteiger partial charge in [0.05, 0.1) is 0 Å². The van der Waals surface area contributed by atoms with Gasteiger partial charge in [0.2, 0.25) is 11.8 Å². The van der Waals surface area contributed by atoms with Crippen molar-refractivity contribution in [3.63, 3.8) is 0 Å². The third-order valence-corrected chi connectivity index (χ3v) is 3.72. The molecule has 5 heteroatoms. The van der Waals surface area contributed by atoms with E-state index < -0.39 is 0 Å². The van der Waals surface area contributed by atoms with Crippen LogP contribution in [0, 0.1) is 0 Å². The lowest BCUT2D eigenvalue weighted by molar-refractivity contribution is -0.119. The van der Waals surface area contributed by atoms with Crippen LogP contribution in [0.25, 0.3) is 0 Å². The molecule has 1 N–H and O–H groups in total. The number of anilines is 2. The van der Waals surface area contributed by atoms with Crippen molar-refractivity contribution in [1.82, 2.24) is 5.32 Å². The van der Waals surface area contributed by atoms with Crippen LogP contribution in [0.3, 0.4) is 0 Å². The van der Waals surface area contributed by atoms with Gasteiger partial charge in [-0.25, -0.2) is 0 Å². The van der Waals surface area contributed by atoms with Gasteiger partial charge in [0.15, 0.2) is 0 Å². The number of hydrogen-bond acceptors (Lipinski definition) is 3. The molecule has 21 heavy (non-hydrogen) atoms. The molecule has 0 bridgehead atoms. The molecule has 1 fully saturated rings. The molecule has 114 valence electrons. The number of nitrogens with one attached hydrogen (secondary N) is 1. The zero-order chi connectivity index (χ0) is 15.2. The van der Waals surface area contributed by atoms with Gasteiger partial charge in [-0.2, -0.15) is 0 Å². The largest absolute Gasteiger partial charge is 0.372 e. The zero-order valence-corrected chi connectivity index (χ0v) is 12.8. The summed E-state index contributed by atoms with van der Waals surface area (Å²) in [5.41, 5.74) is 2.08. The molecule has 1 aromatic carbocycles. The molecule has 0 spiro atoms. The monoisotopic (exact) mass is 289 g/mol. The Morgan fingerprint density at radius 3 is 2.29 bits per heavy atom. The SMILES string of the molecule is CC(=O)NCCN(C(C)=O)c1ccc(N2CCCC2)cc1. The number of hydrogen-bond donors (Lipinski definition) is 1. The molecule has 2 rings (SSSR count). The summed E-state index contributed by atoms with van der Waals surface area (Å²) in [6.45, 7) is 6.18. The second-order valence-corrected chi connectivity index (χ2v) is 5.36. The van der Waals surface area contributed by atoms with Crippen molar-refractivity contribution in [3.05, 3.63) is 24.3 Å². The Morgan fingerprint density at radius 1 is 1.14 bits per heavy atom. The second-order valence-electron chi connectivity index (χ2n) is 5.36. The minimum absolute atomic E-state index is 0.0192. The maximum atomic E-state index is 11.8. The number of carbonyl (C=O) groups is 2. The van der Waals surface area contributed by atoms with Gasteiger partial charge < -0.3 is 15.1 Å². The summed E-state index contributed by atoms with van der Waals surface area (Å²) >= 11 is 0. The van der Waals surface area contributed by atoms with Gasteiger partial charge in [0.1, 0.15) is 0 Å². The lowest BCUT2D eigenvalue weighted by Crippen LogP contribution is -2.36. The molecule has 0 unspecified atom stereocenters. The summed E-state index contributed by atoms with van der Waals surface area (Å²) in [6.07, 6.45) is 2.50. The van der Waals surface area contributed by atoms with Crippen LogP contribution in [0.2, 0.25) is 0 Å². The maximum Gasteiger partial charge on any atom is 0.223 e. The summed E-state index contributed by atoms with van der Waals surface area (Å²) in [4.78, 5) is 26.7. The molecule has 0 radical (unpaired) electrons. The molecule has 0 aromatic heterocycles. The molecule has 2 amide bonds. The molecule has 1 aromatic rings. The maximum absolute atomic E-state index is 11.8. The van der Waals surface area contributed by atoms with E-state index in [0.717, 1.165) is 18.8 Å². The Balaban J connectivity index is 2.02. The Labute approximate surface area is 125 Å². The van der Waals surface area contributed by atoms with E-state index in [4.69, 9.17) is 0 Å². The van der Waals surface area contributed by atoms with Gasteiger partial charge in [0.25, 0.3) is 0 Å². The fourth-order valence-electron chi connectivity index (χ4n) is 2.63. The molecule has 0 aliphatic carbocycles. The summed E-state index contributed by atoms with van der Waals surface area (Å²) in [5.74, 6) is -0.0999. The lowest BCUT2D eigenvalue weighted by Gasteiger charge is -2.23. The highest BCUT2D eigenvalue weighted by atomic mass is 16.2. The molecular weight excluding hydrogens is 266 g/mol. The average Bonchev–Trinajstić information content (AvgIpc) is 2.97. The van der Waals surface area contributed by atoms with Gasteiger partial charge in [-0.15, -0.1) is 0 Å². The van der Waals surface area contributed by atoms with Crippen LogP contribution in [0.1, 0.15) is 26.7 Å². The molecule has 5 nitrogen and oxygen atoms in total. The van der Waals surface area contributed by atoms with E-state index in [1.165, 1.54) is 25.5 Å². The first-order chi connectivity index (χ1) is 10.1. The zero-order valence-electron chi connectivity index (χ0n) is 12.8. The first-order valence-corrected chi connectivity index (χ1v) is 7.45. The highest BCUT2D eigenvalue weighted by Crippen LogP contribution is 2.23. The van der Waals surface area contributed by atoms with Gasteiger partial charge in [-0.1, -0.05) is 0 Å². The van der Waals surface area contributed by atoms with Crippen molar-refractivity contribution in [2.75, 3.05) is 36.0 Å². The van der Waals surface area contributed by atoms with Crippen molar-refractivity contribution in [3.8, 4) is 0 Å². The molecule has 1 saturated heterocycles. The van der Waals surface area contributed by atoms with Gasteiger partial charge >= 0.3 is 0 Å². The van der Waals surface area contributed by atoms with Crippen molar-refractivity contribution in [2.45, 2.75) is 26.7 Å². The van der Waals surface area contributed by atoms with Crippen LogP contribution < -0.4 is 15.1 Å². The van der Waals surface area contributed by atoms with E-state index in [2.05, 4.69) is 22.3 Å². The number of rotatable bonds is 5. The highest BCUT2D eigenvalue weighted by Gasteiger charge is 2.14. The third kappa shape index (κ3) is 4.21. The smallest absolute Gasteiger partial charge is 0.223 e. The first-order valence-electron chi connectivity index (χ1n) is 7.45. The van der Waals surface area contributed by atoms with Crippen LogP contribution in [0.15, 0.2) is 24.3 Å². The fourth-order valence-corrected chi connectivity index (χ4v) is 2.63. The van der Waals surface area contributed by atoms with Crippen molar-refractivity contribution in [1.29, 1.82) is 0 Å². The average molecular weight is 289 g/mol. The van der Waals surface area contributed by atoms with E-state index in [-0.39, 0.29) is 11.8 Å². The second kappa shape index (κ2) is 7.11. The van der Waals surface area contributed by atoms with Crippen LogP contribution in [-0.4, -0.2) is 38.0 Å². The Bertz CT molecular complexity index is 493. The van der Waals surface area contributed by atoms with E-state index in [1.54, 1.807) is 11.8 Å². The predicted octanol–water partition coefficient (Wildman–Crippen LogP) is 1.78. The van der Waals surface area contributed by atoms with Crippen LogP contribution >= 0.6 is 0 Å².